The second kappa shape index (κ2) is 9.31. The lowest BCUT2D eigenvalue weighted by Crippen LogP contribution is -2.31. The smallest absolute Gasteiger partial charge is 0.240 e. The molecule has 5 nitrogen and oxygen atoms in total. The van der Waals surface area contributed by atoms with Crippen LogP contribution in [0.4, 0.5) is 0 Å². The monoisotopic (exact) mass is 321 g/mol. The van der Waals surface area contributed by atoms with Crippen molar-refractivity contribution in [3.05, 3.63) is 29.8 Å². The Morgan fingerprint density at radius 1 is 1.10 bits per heavy atom. The summed E-state index contributed by atoms with van der Waals surface area (Å²) in [4.78, 5) is 2.35. The zero-order valence-electron chi connectivity index (χ0n) is 12.2. The highest BCUT2D eigenvalue weighted by Crippen LogP contribution is 2.11. The Morgan fingerprint density at radius 3 is 2.20 bits per heavy atom. The van der Waals surface area contributed by atoms with Crippen LogP contribution in [0.2, 0.25) is 0 Å². The van der Waals surface area contributed by atoms with Crippen molar-refractivity contribution >= 4 is 22.4 Å². The van der Waals surface area contributed by atoms with Crippen molar-refractivity contribution in [1.82, 2.24) is 14.9 Å². The second-order valence-corrected chi connectivity index (χ2v) is 6.40. The molecule has 1 aromatic rings. The molecule has 7 heteroatoms. The summed E-state index contributed by atoms with van der Waals surface area (Å²) in [6, 6.07) is 6.99. The van der Waals surface area contributed by atoms with Gasteiger partial charge >= 0.3 is 0 Å². The molecular weight excluding hydrogens is 298 g/mol. The summed E-state index contributed by atoms with van der Waals surface area (Å²) in [7, 11) is 0.569. The fourth-order valence-electron chi connectivity index (χ4n) is 1.67. The van der Waals surface area contributed by atoms with Crippen LogP contribution in [0, 0.1) is 0 Å². The first kappa shape index (κ1) is 19.3. The van der Waals surface area contributed by atoms with Crippen LogP contribution in [0.1, 0.15) is 12.5 Å². The average Bonchev–Trinajstić information content (AvgIpc) is 2.35. The van der Waals surface area contributed by atoms with Crippen LogP contribution in [0.3, 0.4) is 0 Å². The third-order valence-corrected chi connectivity index (χ3v) is 4.05. The molecule has 0 amide bonds. The molecule has 0 aromatic heterocycles. The van der Waals surface area contributed by atoms with Crippen molar-refractivity contribution in [1.29, 1.82) is 0 Å². The number of nitrogens with zero attached hydrogens (tertiary/aromatic N) is 1. The molecule has 0 radical (unpaired) electrons. The Balaban J connectivity index is 0.00000361. The van der Waals surface area contributed by atoms with Crippen LogP contribution in [0.5, 0.6) is 0 Å². The van der Waals surface area contributed by atoms with Crippen molar-refractivity contribution in [3.63, 3.8) is 0 Å². The molecule has 0 saturated heterocycles. The van der Waals surface area contributed by atoms with Gasteiger partial charge in [0.1, 0.15) is 0 Å². The van der Waals surface area contributed by atoms with Gasteiger partial charge in [0.05, 0.1) is 4.90 Å². The van der Waals surface area contributed by atoms with Gasteiger partial charge in [0, 0.05) is 19.6 Å². The maximum atomic E-state index is 12.0. The Hall–Kier alpha value is -0.660. The number of halogens is 1. The highest BCUT2D eigenvalue weighted by atomic mass is 35.5. The van der Waals surface area contributed by atoms with Gasteiger partial charge in [-0.25, -0.2) is 13.1 Å². The maximum Gasteiger partial charge on any atom is 0.240 e. The molecule has 0 unspecified atom stereocenters. The molecule has 0 heterocycles. The molecule has 0 aliphatic rings. The topological polar surface area (TPSA) is 61.4 Å². The van der Waals surface area contributed by atoms with Crippen molar-refractivity contribution in [2.24, 2.45) is 0 Å². The minimum atomic E-state index is -3.39. The standard InChI is InChI=1S/C13H23N3O2S.ClH/c1-4-14-9-10-15-19(17,18)13-7-5-12(6-8-13)11-16(2)3;/h5-8,14-15H,4,9-11H2,1-3H3;1H. The molecule has 20 heavy (non-hydrogen) atoms. The molecule has 0 saturated carbocycles. The SMILES string of the molecule is CCNCCNS(=O)(=O)c1ccc(CN(C)C)cc1.Cl. The predicted molar refractivity (Wildman–Crippen MR) is 84.8 cm³/mol. The zero-order valence-corrected chi connectivity index (χ0v) is 13.9. The summed E-state index contributed by atoms with van der Waals surface area (Å²) in [6.45, 7) is 4.65. The molecule has 116 valence electrons. The van der Waals surface area contributed by atoms with Gasteiger partial charge in [0.25, 0.3) is 0 Å². The van der Waals surface area contributed by atoms with Gasteiger partial charge in [-0.2, -0.15) is 0 Å². The summed E-state index contributed by atoms with van der Waals surface area (Å²) in [5.74, 6) is 0. The van der Waals surface area contributed by atoms with Gasteiger partial charge in [-0.15, -0.1) is 12.4 Å². The van der Waals surface area contributed by atoms with E-state index in [1.807, 2.05) is 38.1 Å². The van der Waals surface area contributed by atoms with E-state index in [-0.39, 0.29) is 12.4 Å². The lowest BCUT2D eigenvalue weighted by Gasteiger charge is -2.11. The molecule has 2 N–H and O–H groups in total. The predicted octanol–water partition coefficient (Wildman–Crippen LogP) is 1.06. The molecule has 0 spiro atoms. The van der Waals surface area contributed by atoms with Crippen LogP contribution in [0.25, 0.3) is 0 Å². The van der Waals surface area contributed by atoms with Gasteiger partial charge in [-0.3, -0.25) is 0 Å². The fraction of sp³-hybridized carbons (Fsp3) is 0.538. The molecule has 0 fully saturated rings. The normalized spacial score (nSPS) is 11.4. The van der Waals surface area contributed by atoms with Crippen LogP contribution in [-0.4, -0.2) is 47.0 Å². The van der Waals surface area contributed by atoms with Crippen molar-refractivity contribution < 1.29 is 8.42 Å². The molecule has 0 aliphatic carbocycles. The van der Waals surface area contributed by atoms with Gasteiger partial charge in [-0.05, 0) is 38.3 Å². The van der Waals surface area contributed by atoms with E-state index in [9.17, 15) is 8.42 Å². The van der Waals surface area contributed by atoms with E-state index >= 15 is 0 Å². The quantitative estimate of drug-likeness (QED) is 0.703. The molecule has 1 rings (SSSR count). The summed E-state index contributed by atoms with van der Waals surface area (Å²) in [5.41, 5.74) is 1.09. The van der Waals surface area contributed by atoms with Gasteiger partial charge in [0.2, 0.25) is 10.0 Å². The maximum absolute atomic E-state index is 12.0. The Labute approximate surface area is 128 Å². The third-order valence-electron chi connectivity index (χ3n) is 2.58. The molecule has 1 aromatic carbocycles. The average molecular weight is 322 g/mol. The lowest BCUT2D eigenvalue weighted by molar-refractivity contribution is 0.402. The van der Waals surface area contributed by atoms with Crippen LogP contribution in [0.15, 0.2) is 29.2 Å². The van der Waals surface area contributed by atoms with Crippen LogP contribution < -0.4 is 10.0 Å². The van der Waals surface area contributed by atoms with E-state index in [0.717, 1.165) is 18.7 Å². The molecule has 0 bridgehead atoms. The Kier molecular flexibility index (Phi) is 9.00. The van der Waals surface area contributed by atoms with E-state index in [2.05, 4.69) is 10.0 Å². The second-order valence-electron chi connectivity index (χ2n) is 4.63. The fourth-order valence-corrected chi connectivity index (χ4v) is 2.70. The lowest BCUT2D eigenvalue weighted by atomic mass is 10.2. The highest BCUT2D eigenvalue weighted by molar-refractivity contribution is 7.89. The number of sulfonamides is 1. The van der Waals surface area contributed by atoms with Crippen molar-refractivity contribution in [2.45, 2.75) is 18.4 Å². The van der Waals surface area contributed by atoms with Gasteiger partial charge in [-0.1, -0.05) is 19.1 Å². The van der Waals surface area contributed by atoms with Crippen molar-refractivity contribution in [3.8, 4) is 0 Å². The van der Waals surface area contributed by atoms with Crippen molar-refractivity contribution in [2.75, 3.05) is 33.7 Å². The van der Waals surface area contributed by atoms with Crippen LogP contribution in [-0.2, 0) is 16.6 Å². The zero-order chi connectivity index (χ0) is 14.3. The minimum Gasteiger partial charge on any atom is -0.316 e. The highest BCUT2D eigenvalue weighted by Gasteiger charge is 2.12. The minimum absolute atomic E-state index is 0. The summed E-state index contributed by atoms with van der Waals surface area (Å²) in [6.07, 6.45) is 0. The Bertz CT molecular complexity index is 475. The summed E-state index contributed by atoms with van der Waals surface area (Å²) in [5, 5.41) is 3.07. The first-order valence-electron chi connectivity index (χ1n) is 6.39. The number of likely N-dealkylation sites (N-methyl/N-ethyl adjacent to an activating group) is 1. The largest absolute Gasteiger partial charge is 0.316 e. The molecule has 0 atom stereocenters. The first-order chi connectivity index (χ1) is 8.95. The van der Waals surface area contributed by atoms with Gasteiger partial charge < -0.3 is 10.2 Å². The number of rotatable bonds is 8. The van der Waals surface area contributed by atoms with Crippen LogP contribution >= 0.6 is 12.4 Å². The third kappa shape index (κ3) is 6.67. The number of hydrogen-bond acceptors (Lipinski definition) is 4. The number of hydrogen-bond donors (Lipinski definition) is 2. The van der Waals surface area contributed by atoms with E-state index < -0.39 is 10.0 Å². The summed E-state index contributed by atoms with van der Waals surface area (Å²) < 4.78 is 26.5. The summed E-state index contributed by atoms with van der Waals surface area (Å²) >= 11 is 0. The molecular formula is C13H24ClN3O2S. The van der Waals surface area contributed by atoms with E-state index in [1.54, 1.807) is 12.1 Å². The number of benzene rings is 1. The van der Waals surface area contributed by atoms with Gasteiger partial charge in [0.15, 0.2) is 0 Å². The first-order valence-corrected chi connectivity index (χ1v) is 7.88. The Morgan fingerprint density at radius 2 is 1.70 bits per heavy atom. The van der Waals surface area contributed by atoms with E-state index in [1.165, 1.54) is 0 Å². The van der Waals surface area contributed by atoms with E-state index in [4.69, 9.17) is 0 Å². The number of nitrogens with one attached hydrogen (secondary N) is 2. The van der Waals surface area contributed by atoms with E-state index in [0.29, 0.717) is 18.0 Å². The molecule has 0 aliphatic heterocycles.